The number of carbonyl (C=O) groups excluding carboxylic acids is 2. The summed E-state index contributed by atoms with van der Waals surface area (Å²) in [5.41, 5.74) is 0.722. The molecule has 1 atom stereocenters. The van der Waals surface area contributed by atoms with Crippen LogP contribution in [0.25, 0.3) is 0 Å². The molecule has 0 radical (unpaired) electrons. The fraction of sp³-hybridized carbons (Fsp3) is 0.222. The second-order valence-electron chi connectivity index (χ2n) is 5.64. The molecule has 130 valence electrons. The van der Waals surface area contributed by atoms with Gasteiger partial charge >= 0.3 is 0 Å². The van der Waals surface area contributed by atoms with Gasteiger partial charge in [-0.15, -0.1) is 11.3 Å². The molecule has 1 aliphatic heterocycles. The lowest BCUT2D eigenvalue weighted by Crippen LogP contribution is -2.31. The summed E-state index contributed by atoms with van der Waals surface area (Å²) >= 11 is 13.4. The van der Waals surface area contributed by atoms with Crippen molar-refractivity contribution in [3.8, 4) is 0 Å². The monoisotopic (exact) mass is 395 g/mol. The molecule has 2 aromatic rings. The fourth-order valence-corrected chi connectivity index (χ4v) is 3.91. The minimum absolute atomic E-state index is 0.0827. The number of halogens is 2. The molecule has 1 aromatic heterocycles. The molecule has 0 bridgehead atoms. The Morgan fingerprint density at radius 3 is 2.64 bits per heavy atom. The molecule has 25 heavy (non-hydrogen) atoms. The molecule has 0 saturated heterocycles. The maximum absolute atomic E-state index is 12.9. The average Bonchev–Trinajstić information content (AvgIpc) is 3.20. The molecule has 0 fully saturated rings. The molecule has 4 nitrogen and oxygen atoms in total. The maximum atomic E-state index is 12.9. The number of benzene rings is 1. The molecule has 1 unspecified atom stereocenters. The Hall–Kier alpha value is -1.82. The number of thiophene rings is 1. The Kier molecular flexibility index (Phi) is 5.18. The van der Waals surface area contributed by atoms with Gasteiger partial charge in [-0.25, -0.2) is 0 Å². The van der Waals surface area contributed by atoms with Gasteiger partial charge in [0.15, 0.2) is 5.76 Å². The predicted octanol–water partition coefficient (Wildman–Crippen LogP) is 5.04. The first kappa shape index (κ1) is 18.0. The summed E-state index contributed by atoms with van der Waals surface area (Å²) in [6, 6.07) is 7.71. The van der Waals surface area contributed by atoms with Crippen LogP contribution in [-0.4, -0.2) is 28.2 Å². The van der Waals surface area contributed by atoms with Gasteiger partial charge in [0.1, 0.15) is 0 Å². The number of Topliss-reactive ketones (excluding diaryl/α,β-unsaturated/α-hetero) is 1. The highest BCUT2D eigenvalue weighted by atomic mass is 35.5. The predicted molar refractivity (Wildman–Crippen MR) is 99.5 cm³/mol. The second-order valence-corrected chi connectivity index (χ2v) is 7.41. The Labute approximate surface area is 159 Å². The third kappa shape index (κ3) is 3.19. The van der Waals surface area contributed by atoms with Gasteiger partial charge in [0, 0.05) is 6.54 Å². The molecule has 2 heterocycles. The number of amides is 1. The second kappa shape index (κ2) is 7.20. The van der Waals surface area contributed by atoms with Crippen molar-refractivity contribution in [1.82, 2.24) is 4.90 Å². The Bertz CT molecular complexity index is 861. The molecule has 3 rings (SSSR count). The molecular weight excluding hydrogens is 381 g/mol. The highest BCUT2D eigenvalue weighted by Crippen LogP contribution is 2.41. The summed E-state index contributed by atoms with van der Waals surface area (Å²) in [5.74, 6) is -1.39. The molecule has 1 N–H and O–H groups in total. The molecule has 0 aliphatic carbocycles. The summed E-state index contributed by atoms with van der Waals surface area (Å²) in [5, 5.41) is 12.9. The van der Waals surface area contributed by atoms with Crippen molar-refractivity contribution >= 4 is 46.2 Å². The third-order valence-electron chi connectivity index (χ3n) is 4.02. The van der Waals surface area contributed by atoms with Gasteiger partial charge in [-0.05, 0) is 35.6 Å². The van der Waals surface area contributed by atoms with E-state index in [1.54, 1.807) is 35.7 Å². The summed E-state index contributed by atoms with van der Waals surface area (Å²) in [4.78, 5) is 27.4. The Morgan fingerprint density at radius 2 is 2.04 bits per heavy atom. The van der Waals surface area contributed by atoms with Crippen molar-refractivity contribution in [3.63, 3.8) is 0 Å². The van der Waals surface area contributed by atoms with Gasteiger partial charge in [-0.3, -0.25) is 9.59 Å². The van der Waals surface area contributed by atoms with Gasteiger partial charge in [-0.2, -0.15) is 0 Å². The molecular formula is C18H15Cl2NO3S. The number of aliphatic hydroxyl groups excluding tert-OH is 1. The van der Waals surface area contributed by atoms with Crippen LogP contribution in [0.4, 0.5) is 0 Å². The van der Waals surface area contributed by atoms with Gasteiger partial charge < -0.3 is 10.0 Å². The smallest absolute Gasteiger partial charge is 0.290 e. The lowest BCUT2D eigenvalue weighted by Gasteiger charge is -2.26. The maximum Gasteiger partial charge on any atom is 0.290 e. The van der Waals surface area contributed by atoms with E-state index in [1.807, 2.05) is 6.92 Å². The molecule has 1 aliphatic rings. The van der Waals surface area contributed by atoms with E-state index in [2.05, 4.69) is 0 Å². The van der Waals surface area contributed by atoms with Crippen LogP contribution in [0.3, 0.4) is 0 Å². The van der Waals surface area contributed by atoms with Crippen LogP contribution >= 0.6 is 34.5 Å². The first-order valence-electron chi connectivity index (χ1n) is 7.73. The van der Waals surface area contributed by atoms with Crippen molar-refractivity contribution in [2.24, 2.45) is 0 Å². The SMILES string of the molecule is CCCN1C(=O)C(O)=C(C(=O)c2cccs2)C1c1ccc(Cl)c(Cl)c1. The summed E-state index contributed by atoms with van der Waals surface area (Å²) < 4.78 is 0. The molecule has 0 saturated carbocycles. The van der Waals surface area contributed by atoms with E-state index in [-0.39, 0.29) is 11.4 Å². The van der Waals surface area contributed by atoms with E-state index in [1.165, 1.54) is 16.2 Å². The van der Waals surface area contributed by atoms with Crippen LogP contribution in [-0.2, 0) is 4.79 Å². The van der Waals surface area contributed by atoms with Crippen LogP contribution < -0.4 is 0 Å². The van der Waals surface area contributed by atoms with Crippen LogP contribution in [0.1, 0.15) is 34.6 Å². The molecule has 7 heteroatoms. The number of hydrogen-bond donors (Lipinski definition) is 1. The topological polar surface area (TPSA) is 57.6 Å². The summed E-state index contributed by atoms with van der Waals surface area (Å²) in [7, 11) is 0. The molecule has 1 aromatic carbocycles. The standard InChI is InChI=1S/C18H15Cl2NO3S/c1-2-7-21-15(10-5-6-11(19)12(20)9-10)14(17(23)18(21)24)16(22)13-4-3-8-25-13/h3-6,8-9,15,23H,2,7H2,1H3. The minimum Gasteiger partial charge on any atom is -0.503 e. The third-order valence-corrected chi connectivity index (χ3v) is 5.62. The zero-order valence-corrected chi connectivity index (χ0v) is 15.7. The lowest BCUT2D eigenvalue weighted by atomic mass is 9.95. The highest BCUT2D eigenvalue weighted by molar-refractivity contribution is 7.12. The quantitative estimate of drug-likeness (QED) is 0.721. The average molecular weight is 396 g/mol. The first-order chi connectivity index (χ1) is 12.0. The first-order valence-corrected chi connectivity index (χ1v) is 9.36. The molecule has 1 amide bonds. The summed E-state index contributed by atoms with van der Waals surface area (Å²) in [6.07, 6.45) is 0.692. The molecule has 0 spiro atoms. The van der Waals surface area contributed by atoms with Gasteiger partial charge in [0.05, 0.1) is 26.5 Å². The van der Waals surface area contributed by atoms with Crippen LogP contribution in [0.2, 0.25) is 10.0 Å². The number of aliphatic hydroxyl groups is 1. The zero-order valence-electron chi connectivity index (χ0n) is 13.3. The van der Waals surface area contributed by atoms with Crippen molar-refractivity contribution in [1.29, 1.82) is 0 Å². The van der Waals surface area contributed by atoms with Crippen LogP contribution in [0, 0.1) is 0 Å². The number of nitrogens with zero attached hydrogens (tertiary/aromatic N) is 1. The van der Waals surface area contributed by atoms with E-state index < -0.39 is 17.7 Å². The minimum atomic E-state index is -0.684. The van der Waals surface area contributed by atoms with E-state index in [0.29, 0.717) is 33.5 Å². The zero-order chi connectivity index (χ0) is 18.1. The van der Waals surface area contributed by atoms with Crippen LogP contribution in [0.15, 0.2) is 47.0 Å². The van der Waals surface area contributed by atoms with Gasteiger partial charge in [0.25, 0.3) is 5.91 Å². The largest absolute Gasteiger partial charge is 0.503 e. The van der Waals surface area contributed by atoms with Crippen LogP contribution in [0.5, 0.6) is 0 Å². The number of hydrogen-bond acceptors (Lipinski definition) is 4. The number of ketones is 1. The Balaban J connectivity index is 2.13. The Morgan fingerprint density at radius 1 is 1.28 bits per heavy atom. The van der Waals surface area contributed by atoms with E-state index in [9.17, 15) is 14.7 Å². The van der Waals surface area contributed by atoms with Crippen molar-refractivity contribution < 1.29 is 14.7 Å². The van der Waals surface area contributed by atoms with E-state index in [4.69, 9.17) is 23.2 Å². The number of carbonyl (C=O) groups is 2. The van der Waals surface area contributed by atoms with Gasteiger partial charge in [-0.1, -0.05) is 42.3 Å². The van der Waals surface area contributed by atoms with E-state index >= 15 is 0 Å². The van der Waals surface area contributed by atoms with Crippen molar-refractivity contribution in [2.45, 2.75) is 19.4 Å². The highest BCUT2D eigenvalue weighted by Gasteiger charge is 2.43. The summed E-state index contributed by atoms with van der Waals surface area (Å²) in [6.45, 7) is 2.34. The fourth-order valence-electron chi connectivity index (χ4n) is 2.93. The van der Waals surface area contributed by atoms with Crippen molar-refractivity contribution in [2.75, 3.05) is 6.54 Å². The number of rotatable bonds is 5. The van der Waals surface area contributed by atoms with Gasteiger partial charge in [0.2, 0.25) is 5.78 Å². The lowest BCUT2D eigenvalue weighted by molar-refractivity contribution is -0.129. The normalized spacial score (nSPS) is 17.5. The van der Waals surface area contributed by atoms with E-state index in [0.717, 1.165) is 0 Å². The van der Waals surface area contributed by atoms with Crippen molar-refractivity contribution in [3.05, 3.63) is 67.5 Å².